The molecule has 0 N–H and O–H groups in total. The number of piperazine rings is 1. The third kappa shape index (κ3) is 4.84. The van der Waals surface area contributed by atoms with Gasteiger partial charge >= 0.3 is 0 Å². The zero-order chi connectivity index (χ0) is 21.8. The molecule has 1 aliphatic heterocycles. The summed E-state index contributed by atoms with van der Waals surface area (Å²) in [5.41, 5.74) is 3.14. The van der Waals surface area contributed by atoms with E-state index in [1.165, 1.54) is 16.4 Å². The Morgan fingerprint density at radius 1 is 0.774 bits per heavy atom. The van der Waals surface area contributed by atoms with Gasteiger partial charge in [-0.3, -0.25) is 4.79 Å². The van der Waals surface area contributed by atoms with E-state index in [0.717, 1.165) is 28.8 Å². The fourth-order valence-electron chi connectivity index (χ4n) is 3.67. The Labute approximate surface area is 181 Å². The number of hydrogen-bond acceptors (Lipinski definition) is 3. The molecular weight excluding hydrogens is 415 g/mol. The summed E-state index contributed by atoms with van der Waals surface area (Å²) in [5.74, 6) is -0.502. The number of carbonyl (C=O) groups excluding carboxylic acids is 1. The van der Waals surface area contributed by atoms with Crippen LogP contribution in [0.5, 0.6) is 0 Å². The number of hydrogen-bond donors (Lipinski definition) is 0. The second-order valence-electron chi connectivity index (χ2n) is 7.48. The predicted molar refractivity (Wildman–Crippen MR) is 117 cm³/mol. The summed E-state index contributed by atoms with van der Waals surface area (Å²) in [6.45, 7) is 1.11. The molecule has 0 saturated carbocycles. The first-order chi connectivity index (χ1) is 14.9. The van der Waals surface area contributed by atoms with Crippen LogP contribution in [0.1, 0.15) is 5.56 Å². The standard InChI is InChI=1S/C24H23FN2O3S/c25-22-10-12-23(13-11-22)31(29,30)27-16-14-26(15-17-27)24(28)18-19-6-8-21(9-7-19)20-4-2-1-3-5-20/h1-13H,14-18H2. The number of nitrogens with zero attached hydrogens (tertiary/aromatic N) is 2. The minimum Gasteiger partial charge on any atom is -0.340 e. The highest BCUT2D eigenvalue weighted by Gasteiger charge is 2.30. The average molecular weight is 439 g/mol. The summed E-state index contributed by atoms with van der Waals surface area (Å²) in [4.78, 5) is 14.5. The lowest BCUT2D eigenvalue weighted by molar-refractivity contribution is -0.131. The molecule has 5 nitrogen and oxygen atoms in total. The molecule has 1 amide bonds. The van der Waals surface area contributed by atoms with Crippen LogP contribution in [-0.4, -0.2) is 49.7 Å². The van der Waals surface area contributed by atoms with Gasteiger partial charge in [0.1, 0.15) is 5.82 Å². The first-order valence-corrected chi connectivity index (χ1v) is 11.6. The van der Waals surface area contributed by atoms with Crippen LogP contribution in [0.25, 0.3) is 11.1 Å². The van der Waals surface area contributed by atoms with Crippen LogP contribution in [0.2, 0.25) is 0 Å². The Morgan fingerprint density at radius 3 is 1.97 bits per heavy atom. The van der Waals surface area contributed by atoms with E-state index in [4.69, 9.17) is 0 Å². The van der Waals surface area contributed by atoms with Crippen LogP contribution in [0.4, 0.5) is 4.39 Å². The summed E-state index contributed by atoms with van der Waals surface area (Å²) in [7, 11) is -3.69. The van der Waals surface area contributed by atoms with Gasteiger partial charge in [0.25, 0.3) is 0 Å². The molecule has 0 radical (unpaired) electrons. The largest absolute Gasteiger partial charge is 0.340 e. The topological polar surface area (TPSA) is 57.7 Å². The first-order valence-electron chi connectivity index (χ1n) is 10.1. The van der Waals surface area contributed by atoms with Gasteiger partial charge in [0.05, 0.1) is 11.3 Å². The number of amides is 1. The van der Waals surface area contributed by atoms with Crippen molar-refractivity contribution in [2.24, 2.45) is 0 Å². The molecular formula is C24H23FN2O3S. The lowest BCUT2D eigenvalue weighted by Crippen LogP contribution is -2.50. The molecule has 7 heteroatoms. The Balaban J connectivity index is 1.34. The second-order valence-corrected chi connectivity index (χ2v) is 9.42. The van der Waals surface area contributed by atoms with Crippen molar-refractivity contribution >= 4 is 15.9 Å². The summed E-state index contributed by atoms with van der Waals surface area (Å²) < 4.78 is 39.9. The molecule has 0 aliphatic carbocycles. The fraction of sp³-hybridized carbons (Fsp3) is 0.208. The summed E-state index contributed by atoms with van der Waals surface area (Å²) >= 11 is 0. The van der Waals surface area contributed by atoms with Crippen LogP contribution in [0.15, 0.2) is 83.8 Å². The van der Waals surface area contributed by atoms with Gasteiger partial charge in [0.15, 0.2) is 0 Å². The molecule has 3 aromatic rings. The van der Waals surface area contributed by atoms with Gasteiger partial charge in [-0.2, -0.15) is 4.31 Å². The maximum atomic E-state index is 13.1. The summed E-state index contributed by atoms with van der Waals surface area (Å²) in [5, 5.41) is 0. The van der Waals surface area contributed by atoms with E-state index in [-0.39, 0.29) is 30.3 Å². The van der Waals surface area contributed by atoms with Gasteiger partial charge in [-0.05, 0) is 41.0 Å². The molecule has 0 bridgehead atoms. The molecule has 1 saturated heterocycles. The Hall–Kier alpha value is -3.03. The van der Waals surface area contributed by atoms with E-state index in [9.17, 15) is 17.6 Å². The SMILES string of the molecule is O=C(Cc1ccc(-c2ccccc2)cc1)N1CCN(S(=O)(=O)c2ccc(F)cc2)CC1. The van der Waals surface area contributed by atoms with Crippen molar-refractivity contribution in [3.05, 3.63) is 90.2 Å². The van der Waals surface area contributed by atoms with Gasteiger partial charge in [-0.15, -0.1) is 0 Å². The predicted octanol–water partition coefficient (Wildman–Crippen LogP) is 3.57. The van der Waals surface area contributed by atoms with Crippen LogP contribution < -0.4 is 0 Å². The van der Waals surface area contributed by atoms with Gasteiger partial charge in [-0.1, -0.05) is 54.6 Å². The van der Waals surface area contributed by atoms with Crippen molar-refractivity contribution < 1.29 is 17.6 Å². The third-order valence-electron chi connectivity index (χ3n) is 5.46. The highest BCUT2D eigenvalue weighted by molar-refractivity contribution is 7.89. The van der Waals surface area contributed by atoms with E-state index in [0.29, 0.717) is 13.1 Å². The normalized spacial score (nSPS) is 15.1. The minimum atomic E-state index is -3.69. The molecule has 0 spiro atoms. The Kier molecular flexibility index (Phi) is 6.15. The molecule has 31 heavy (non-hydrogen) atoms. The Bertz CT molecular complexity index is 1140. The van der Waals surface area contributed by atoms with Crippen molar-refractivity contribution in [3.63, 3.8) is 0 Å². The van der Waals surface area contributed by atoms with Gasteiger partial charge in [0.2, 0.25) is 15.9 Å². The van der Waals surface area contributed by atoms with Crippen molar-refractivity contribution in [1.29, 1.82) is 0 Å². The number of rotatable bonds is 5. The maximum absolute atomic E-state index is 13.1. The fourth-order valence-corrected chi connectivity index (χ4v) is 5.09. The van der Waals surface area contributed by atoms with E-state index >= 15 is 0 Å². The van der Waals surface area contributed by atoms with Crippen LogP contribution in [-0.2, 0) is 21.2 Å². The molecule has 4 rings (SSSR count). The molecule has 1 heterocycles. The number of benzene rings is 3. The molecule has 1 fully saturated rings. The van der Waals surface area contributed by atoms with Gasteiger partial charge in [0, 0.05) is 26.2 Å². The van der Waals surface area contributed by atoms with Crippen LogP contribution >= 0.6 is 0 Å². The van der Waals surface area contributed by atoms with Gasteiger partial charge < -0.3 is 4.90 Å². The van der Waals surface area contributed by atoms with Crippen molar-refractivity contribution in [2.45, 2.75) is 11.3 Å². The van der Waals surface area contributed by atoms with E-state index < -0.39 is 15.8 Å². The molecule has 1 aliphatic rings. The highest BCUT2D eigenvalue weighted by Crippen LogP contribution is 2.21. The maximum Gasteiger partial charge on any atom is 0.243 e. The molecule has 0 unspecified atom stereocenters. The number of sulfonamides is 1. The minimum absolute atomic E-state index is 0.0220. The van der Waals surface area contributed by atoms with Crippen molar-refractivity contribution in [1.82, 2.24) is 9.21 Å². The summed E-state index contributed by atoms with van der Waals surface area (Å²) in [6.07, 6.45) is 0.278. The molecule has 0 atom stereocenters. The third-order valence-corrected chi connectivity index (χ3v) is 7.37. The van der Waals surface area contributed by atoms with Crippen LogP contribution in [0, 0.1) is 5.82 Å². The van der Waals surface area contributed by atoms with Gasteiger partial charge in [-0.25, -0.2) is 12.8 Å². The van der Waals surface area contributed by atoms with E-state index in [1.807, 2.05) is 54.6 Å². The quantitative estimate of drug-likeness (QED) is 0.612. The molecule has 0 aromatic heterocycles. The molecule has 3 aromatic carbocycles. The van der Waals surface area contributed by atoms with E-state index in [2.05, 4.69) is 0 Å². The zero-order valence-electron chi connectivity index (χ0n) is 16.9. The first kappa shape index (κ1) is 21.2. The monoisotopic (exact) mass is 438 g/mol. The van der Waals surface area contributed by atoms with Crippen LogP contribution in [0.3, 0.4) is 0 Å². The van der Waals surface area contributed by atoms with Crippen molar-refractivity contribution in [3.8, 4) is 11.1 Å². The van der Waals surface area contributed by atoms with Crippen molar-refractivity contribution in [2.75, 3.05) is 26.2 Å². The second kappa shape index (κ2) is 8.99. The molecule has 160 valence electrons. The van der Waals surface area contributed by atoms with E-state index in [1.54, 1.807) is 4.90 Å². The lowest BCUT2D eigenvalue weighted by Gasteiger charge is -2.34. The summed E-state index contributed by atoms with van der Waals surface area (Å²) in [6, 6.07) is 22.8. The number of carbonyl (C=O) groups is 1. The zero-order valence-corrected chi connectivity index (χ0v) is 17.8. The Morgan fingerprint density at radius 2 is 1.35 bits per heavy atom. The average Bonchev–Trinajstić information content (AvgIpc) is 2.80. The smallest absolute Gasteiger partial charge is 0.243 e. The highest BCUT2D eigenvalue weighted by atomic mass is 32.2. The number of halogens is 1. The lowest BCUT2D eigenvalue weighted by atomic mass is 10.0.